The molecule has 0 aliphatic carbocycles. The van der Waals surface area contributed by atoms with E-state index in [1.54, 1.807) is 12.1 Å². The number of likely N-dealkylation sites (tertiary alicyclic amines) is 1. The van der Waals surface area contributed by atoms with Crippen LogP contribution in [0.15, 0.2) is 59.1 Å². The van der Waals surface area contributed by atoms with E-state index in [-0.39, 0.29) is 5.75 Å². The molecular formula is C22H23ClN2O3. The second-order valence-electron chi connectivity index (χ2n) is 7.51. The van der Waals surface area contributed by atoms with E-state index >= 15 is 0 Å². The number of hydrogen-bond acceptors (Lipinski definition) is 5. The highest BCUT2D eigenvalue weighted by atomic mass is 35.5. The average Bonchev–Trinajstić information content (AvgIpc) is 3.15. The van der Waals surface area contributed by atoms with Crippen LogP contribution in [0.3, 0.4) is 0 Å². The van der Waals surface area contributed by atoms with E-state index in [1.165, 1.54) is 0 Å². The zero-order chi connectivity index (χ0) is 19.6. The number of aromatic nitrogens is 1. The summed E-state index contributed by atoms with van der Waals surface area (Å²) in [6.45, 7) is 2.32. The van der Waals surface area contributed by atoms with Crippen LogP contribution < -0.4 is 0 Å². The van der Waals surface area contributed by atoms with Crippen LogP contribution in [0, 0.1) is 0 Å². The van der Waals surface area contributed by atoms with Gasteiger partial charge in [0.15, 0.2) is 0 Å². The first-order valence-electron chi connectivity index (χ1n) is 9.44. The summed E-state index contributed by atoms with van der Waals surface area (Å²) >= 11 is 5.99. The molecule has 1 saturated heterocycles. The molecule has 1 aliphatic rings. The predicted molar refractivity (Wildman–Crippen MR) is 108 cm³/mol. The maximum absolute atomic E-state index is 11.0. The fourth-order valence-electron chi connectivity index (χ4n) is 3.68. The summed E-state index contributed by atoms with van der Waals surface area (Å²) in [6.07, 6.45) is 1.80. The zero-order valence-electron chi connectivity index (χ0n) is 15.5. The number of benzene rings is 2. The molecule has 0 radical (unpaired) electrons. The molecule has 6 heteroatoms. The van der Waals surface area contributed by atoms with Gasteiger partial charge in [-0.2, -0.15) is 0 Å². The molecule has 0 unspecified atom stereocenters. The number of nitrogens with zero attached hydrogens (tertiary/aromatic N) is 2. The fraction of sp³-hybridized carbons (Fsp3) is 0.318. The average molecular weight is 399 g/mol. The van der Waals surface area contributed by atoms with Gasteiger partial charge in [-0.05, 0) is 30.5 Å². The first-order chi connectivity index (χ1) is 13.5. The molecule has 2 N–H and O–H groups in total. The predicted octanol–water partition coefficient (Wildman–Crippen LogP) is 4.27. The van der Waals surface area contributed by atoms with Crippen LogP contribution in [0.5, 0.6) is 5.75 Å². The lowest BCUT2D eigenvalue weighted by atomic mass is 9.87. The molecule has 28 heavy (non-hydrogen) atoms. The first-order valence-corrected chi connectivity index (χ1v) is 9.82. The molecule has 3 aromatic rings. The topological polar surface area (TPSA) is 69.7 Å². The van der Waals surface area contributed by atoms with Gasteiger partial charge in [-0.25, -0.2) is 0 Å². The van der Waals surface area contributed by atoms with Crippen molar-refractivity contribution in [3.63, 3.8) is 0 Å². The molecule has 0 amide bonds. The molecule has 0 saturated carbocycles. The van der Waals surface area contributed by atoms with E-state index in [2.05, 4.69) is 10.1 Å². The van der Waals surface area contributed by atoms with Gasteiger partial charge in [0.05, 0.1) is 10.6 Å². The Hall–Kier alpha value is -2.34. The van der Waals surface area contributed by atoms with Crippen molar-refractivity contribution in [3.05, 3.63) is 70.9 Å². The normalized spacial score (nSPS) is 16.9. The summed E-state index contributed by atoms with van der Waals surface area (Å²) in [4.78, 5) is 2.28. The van der Waals surface area contributed by atoms with Gasteiger partial charge in [-0.1, -0.05) is 53.2 Å². The number of phenolic OH excluding ortho intramolecular Hbond substituents is 1. The maximum atomic E-state index is 11.0. The highest BCUT2D eigenvalue weighted by molar-refractivity contribution is 6.32. The second kappa shape index (κ2) is 7.95. The minimum absolute atomic E-state index is 0.0976. The molecule has 2 aromatic carbocycles. The minimum Gasteiger partial charge on any atom is -0.506 e. The minimum atomic E-state index is -0.781. The molecule has 146 valence electrons. The Morgan fingerprint density at radius 2 is 1.82 bits per heavy atom. The lowest BCUT2D eigenvalue weighted by Crippen LogP contribution is -2.45. The number of hydrogen-bond donors (Lipinski definition) is 2. The van der Waals surface area contributed by atoms with Crippen LogP contribution in [-0.2, 0) is 13.0 Å². The Bertz CT molecular complexity index is 934. The Morgan fingerprint density at radius 3 is 2.54 bits per heavy atom. The largest absolute Gasteiger partial charge is 0.506 e. The standard InChI is InChI=1S/C22H23ClN2O3/c23-19-12-16(6-7-21(19)26)15-25-10-8-22(27,9-11-25)14-18-13-20(24-28-18)17-4-2-1-3-5-17/h1-7,12-13,26-27H,8-11,14-15H2. The third-order valence-corrected chi connectivity index (χ3v) is 5.64. The molecular weight excluding hydrogens is 376 g/mol. The van der Waals surface area contributed by atoms with Gasteiger partial charge in [0, 0.05) is 37.7 Å². The van der Waals surface area contributed by atoms with E-state index in [1.807, 2.05) is 42.5 Å². The van der Waals surface area contributed by atoms with Crippen molar-refractivity contribution >= 4 is 11.6 Å². The lowest BCUT2D eigenvalue weighted by molar-refractivity contribution is -0.0265. The number of rotatable bonds is 5. The van der Waals surface area contributed by atoms with Gasteiger partial charge in [0.25, 0.3) is 0 Å². The van der Waals surface area contributed by atoms with E-state index in [0.29, 0.717) is 30.0 Å². The van der Waals surface area contributed by atoms with Crippen molar-refractivity contribution in [1.29, 1.82) is 0 Å². The molecule has 0 bridgehead atoms. The van der Waals surface area contributed by atoms with Crippen molar-refractivity contribution < 1.29 is 14.7 Å². The molecule has 1 aromatic heterocycles. The van der Waals surface area contributed by atoms with E-state index in [4.69, 9.17) is 16.1 Å². The Morgan fingerprint density at radius 1 is 1.07 bits per heavy atom. The number of phenols is 1. The molecule has 1 aliphatic heterocycles. The quantitative estimate of drug-likeness (QED) is 0.671. The molecule has 4 rings (SSSR count). The molecule has 0 spiro atoms. The van der Waals surface area contributed by atoms with Crippen molar-refractivity contribution in [2.24, 2.45) is 0 Å². The second-order valence-corrected chi connectivity index (χ2v) is 7.91. The third-order valence-electron chi connectivity index (χ3n) is 5.34. The van der Waals surface area contributed by atoms with Gasteiger partial charge in [-0.15, -0.1) is 0 Å². The summed E-state index contributed by atoms with van der Waals surface area (Å²) in [6, 6.07) is 17.1. The Kier molecular flexibility index (Phi) is 5.40. The molecule has 5 nitrogen and oxygen atoms in total. The van der Waals surface area contributed by atoms with E-state index in [0.717, 1.165) is 36.5 Å². The highest BCUT2D eigenvalue weighted by Gasteiger charge is 2.33. The van der Waals surface area contributed by atoms with E-state index < -0.39 is 5.60 Å². The number of piperidine rings is 1. The fourth-order valence-corrected chi connectivity index (χ4v) is 3.88. The van der Waals surface area contributed by atoms with Gasteiger partial charge in [-0.3, -0.25) is 4.90 Å². The van der Waals surface area contributed by atoms with Crippen molar-refractivity contribution in [3.8, 4) is 17.0 Å². The smallest absolute Gasteiger partial charge is 0.140 e. The van der Waals surface area contributed by atoms with Gasteiger partial charge >= 0.3 is 0 Å². The monoisotopic (exact) mass is 398 g/mol. The summed E-state index contributed by atoms with van der Waals surface area (Å²) in [5.74, 6) is 0.806. The van der Waals surface area contributed by atoms with Crippen LogP contribution in [-0.4, -0.2) is 39.0 Å². The highest BCUT2D eigenvalue weighted by Crippen LogP contribution is 2.30. The van der Waals surface area contributed by atoms with Gasteiger partial charge in [0.2, 0.25) is 0 Å². The summed E-state index contributed by atoms with van der Waals surface area (Å²) < 4.78 is 5.47. The number of aromatic hydroxyl groups is 1. The Labute approximate surface area is 169 Å². The molecule has 0 atom stereocenters. The summed E-state index contributed by atoms with van der Waals surface area (Å²) in [5, 5.41) is 25.0. The van der Waals surface area contributed by atoms with Crippen LogP contribution in [0.4, 0.5) is 0 Å². The first kappa shape index (κ1) is 19.0. The summed E-state index contributed by atoms with van der Waals surface area (Å²) in [7, 11) is 0. The van der Waals surface area contributed by atoms with Crippen LogP contribution in [0.1, 0.15) is 24.2 Å². The lowest BCUT2D eigenvalue weighted by Gasteiger charge is -2.37. The SMILES string of the molecule is Oc1ccc(CN2CCC(O)(Cc3cc(-c4ccccc4)no3)CC2)cc1Cl. The van der Waals surface area contributed by atoms with Crippen LogP contribution in [0.25, 0.3) is 11.3 Å². The van der Waals surface area contributed by atoms with Gasteiger partial charge < -0.3 is 14.7 Å². The van der Waals surface area contributed by atoms with E-state index in [9.17, 15) is 10.2 Å². The zero-order valence-corrected chi connectivity index (χ0v) is 16.3. The number of halogens is 1. The van der Waals surface area contributed by atoms with Gasteiger partial charge in [0.1, 0.15) is 17.2 Å². The Balaban J connectivity index is 1.35. The van der Waals surface area contributed by atoms with Crippen molar-refractivity contribution in [2.75, 3.05) is 13.1 Å². The molecule has 1 fully saturated rings. The van der Waals surface area contributed by atoms with Crippen molar-refractivity contribution in [1.82, 2.24) is 10.1 Å². The molecule has 2 heterocycles. The van der Waals surface area contributed by atoms with Crippen LogP contribution >= 0.6 is 11.6 Å². The van der Waals surface area contributed by atoms with Crippen LogP contribution in [0.2, 0.25) is 5.02 Å². The summed E-state index contributed by atoms with van der Waals surface area (Å²) in [5.41, 5.74) is 2.07. The third kappa shape index (κ3) is 4.38. The number of aliphatic hydroxyl groups is 1. The van der Waals surface area contributed by atoms with Crippen molar-refractivity contribution in [2.45, 2.75) is 31.4 Å². The maximum Gasteiger partial charge on any atom is 0.140 e.